The summed E-state index contributed by atoms with van der Waals surface area (Å²) in [6, 6.07) is 0. The van der Waals surface area contributed by atoms with Crippen LogP contribution in [0, 0.1) is 11.8 Å². The van der Waals surface area contributed by atoms with Crippen molar-refractivity contribution in [2.45, 2.75) is 49.6 Å². The predicted molar refractivity (Wildman–Crippen MR) is 64.6 cm³/mol. The van der Waals surface area contributed by atoms with E-state index in [0.717, 1.165) is 18.3 Å². The van der Waals surface area contributed by atoms with Crippen LogP contribution in [-0.4, -0.2) is 25.7 Å². The summed E-state index contributed by atoms with van der Waals surface area (Å²) in [6.45, 7) is 0. The Morgan fingerprint density at radius 3 is 2.41 bits per heavy atom. The minimum atomic E-state index is 0. The van der Waals surface area contributed by atoms with Crippen molar-refractivity contribution in [1.29, 1.82) is 0 Å². The molecule has 2 atom stereocenters. The maximum atomic E-state index is 6.52. The fourth-order valence-corrected chi connectivity index (χ4v) is 4.90. The standard InChI is InChI=1S/C11H17N5.ClH/c12-10-2-8-1-9(3-10)5-11(4-8,6-10)16-14-7-13-15-16;/h7-9H,1-6,12H2;1H. The summed E-state index contributed by atoms with van der Waals surface area (Å²) in [7, 11) is 0. The van der Waals surface area contributed by atoms with Crippen LogP contribution < -0.4 is 5.73 Å². The van der Waals surface area contributed by atoms with Gasteiger partial charge in [-0.3, -0.25) is 0 Å². The van der Waals surface area contributed by atoms with Crippen molar-refractivity contribution in [3.63, 3.8) is 0 Å². The molecule has 0 aliphatic heterocycles. The zero-order valence-electron chi connectivity index (χ0n) is 9.75. The van der Waals surface area contributed by atoms with Gasteiger partial charge in [0.25, 0.3) is 0 Å². The largest absolute Gasteiger partial charge is 0.325 e. The van der Waals surface area contributed by atoms with Crippen LogP contribution in [0.1, 0.15) is 38.5 Å². The fraction of sp³-hybridized carbons (Fsp3) is 0.909. The van der Waals surface area contributed by atoms with Gasteiger partial charge in [0.2, 0.25) is 0 Å². The molecule has 5 rings (SSSR count). The third kappa shape index (κ3) is 1.52. The van der Waals surface area contributed by atoms with Crippen LogP contribution in [0.5, 0.6) is 0 Å². The summed E-state index contributed by atoms with van der Waals surface area (Å²) < 4.78 is 0. The molecule has 0 spiro atoms. The Kier molecular flexibility index (Phi) is 2.29. The maximum Gasteiger partial charge on any atom is 0.162 e. The van der Waals surface area contributed by atoms with Crippen molar-refractivity contribution in [2.24, 2.45) is 17.6 Å². The number of nitrogens with two attached hydrogens (primary N) is 1. The summed E-state index contributed by atoms with van der Waals surface area (Å²) in [6.07, 6.45) is 8.79. The highest BCUT2D eigenvalue weighted by atomic mass is 35.5. The van der Waals surface area contributed by atoms with E-state index in [1.165, 1.54) is 32.1 Å². The number of nitrogens with zero attached hydrogens (tertiary/aromatic N) is 4. The van der Waals surface area contributed by atoms with E-state index in [0.29, 0.717) is 0 Å². The lowest BCUT2D eigenvalue weighted by Crippen LogP contribution is -2.63. The monoisotopic (exact) mass is 255 g/mol. The highest BCUT2D eigenvalue weighted by Crippen LogP contribution is 2.59. The molecule has 0 amide bonds. The Morgan fingerprint density at radius 1 is 1.18 bits per heavy atom. The number of halogens is 1. The minimum Gasteiger partial charge on any atom is -0.325 e. The molecule has 4 aliphatic rings. The third-order valence-electron chi connectivity index (χ3n) is 4.85. The van der Waals surface area contributed by atoms with Gasteiger partial charge >= 0.3 is 0 Å². The van der Waals surface area contributed by atoms with Gasteiger partial charge < -0.3 is 5.73 Å². The topological polar surface area (TPSA) is 69.6 Å². The lowest BCUT2D eigenvalue weighted by atomic mass is 9.50. The van der Waals surface area contributed by atoms with Crippen LogP contribution in [0.3, 0.4) is 0 Å². The van der Waals surface area contributed by atoms with E-state index in [2.05, 4.69) is 15.4 Å². The molecule has 2 unspecified atom stereocenters. The van der Waals surface area contributed by atoms with E-state index in [4.69, 9.17) is 5.73 Å². The van der Waals surface area contributed by atoms with Gasteiger partial charge in [0.05, 0.1) is 5.54 Å². The molecule has 5 nitrogen and oxygen atoms in total. The molecule has 4 fully saturated rings. The molecule has 1 aromatic rings. The van der Waals surface area contributed by atoms with E-state index in [1.54, 1.807) is 6.33 Å². The van der Waals surface area contributed by atoms with Crippen molar-refractivity contribution in [1.82, 2.24) is 20.2 Å². The van der Waals surface area contributed by atoms with E-state index in [-0.39, 0.29) is 23.5 Å². The van der Waals surface area contributed by atoms with Gasteiger partial charge in [-0.25, -0.2) is 0 Å². The van der Waals surface area contributed by atoms with Crippen molar-refractivity contribution in [3.8, 4) is 0 Å². The molecule has 2 N–H and O–H groups in total. The Bertz CT molecular complexity index is 404. The average Bonchev–Trinajstić information content (AvgIpc) is 2.65. The molecule has 4 aliphatic carbocycles. The summed E-state index contributed by atoms with van der Waals surface area (Å²) in [5, 5.41) is 12.3. The van der Waals surface area contributed by atoms with Crippen LogP contribution in [0.2, 0.25) is 0 Å². The van der Waals surface area contributed by atoms with Gasteiger partial charge in [-0.15, -0.1) is 22.6 Å². The van der Waals surface area contributed by atoms with E-state index < -0.39 is 0 Å². The Labute approximate surface area is 107 Å². The van der Waals surface area contributed by atoms with Crippen LogP contribution >= 0.6 is 12.4 Å². The summed E-state index contributed by atoms with van der Waals surface area (Å²) in [5.41, 5.74) is 6.67. The summed E-state index contributed by atoms with van der Waals surface area (Å²) >= 11 is 0. The zero-order chi connectivity index (χ0) is 10.8. The number of hydrogen-bond acceptors (Lipinski definition) is 4. The number of aromatic nitrogens is 4. The molecule has 4 bridgehead atoms. The SMILES string of the molecule is Cl.NC12CC3CC(C1)CC(n1ncnn1)(C3)C2. The van der Waals surface area contributed by atoms with Crippen LogP contribution in [0.25, 0.3) is 0 Å². The first-order valence-electron chi connectivity index (χ1n) is 6.20. The first-order valence-corrected chi connectivity index (χ1v) is 6.20. The first-order chi connectivity index (χ1) is 7.68. The quantitative estimate of drug-likeness (QED) is 0.816. The zero-order valence-corrected chi connectivity index (χ0v) is 10.6. The number of rotatable bonds is 1. The second-order valence-electron chi connectivity index (χ2n) is 6.27. The van der Waals surface area contributed by atoms with Crippen LogP contribution in [0.4, 0.5) is 0 Å². The summed E-state index contributed by atoms with van der Waals surface area (Å²) in [4.78, 5) is 1.85. The van der Waals surface area contributed by atoms with Crippen LogP contribution in [0.15, 0.2) is 6.33 Å². The molecule has 0 saturated heterocycles. The molecule has 17 heavy (non-hydrogen) atoms. The Hall–Kier alpha value is -0.680. The molecule has 1 aromatic heterocycles. The van der Waals surface area contributed by atoms with Gasteiger partial charge in [-0.2, -0.15) is 4.80 Å². The number of hydrogen-bond donors (Lipinski definition) is 1. The second kappa shape index (κ2) is 3.42. The van der Waals surface area contributed by atoms with Crippen molar-refractivity contribution < 1.29 is 0 Å². The molecular weight excluding hydrogens is 238 g/mol. The molecule has 94 valence electrons. The average molecular weight is 256 g/mol. The highest BCUT2D eigenvalue weighted by Gasteiger charge is 2.58. The van der Waals surface area contributed by atoms with Crippen molar-refractivity contribution >= 4 is 12.4 Å². The van der Waals surface area contributed by atoms with Crippen molar-refractivity contribution in [2.75, 3.05) is 0 Å². The summed E-state index contributed by atoms with van der Waals surface area (Å²) in [5.74, 6) is 1.58. The molecule has 0 radical (unpaired) electrons. The lowest BCUT2D eigenvalue weighted by Gasteiger charge is -2.59. The molecule has 6 heteroatoms. The lowest BCUT2D eigenvalue weighted by molar-refractivity contribution is -0.0708. The van der Waals surface area contributed by atoms with Gasteiger partial charge in [-0.1, -0.05) is 0 Å². The smallest absolute Gasteiger partial charge is 0.162 e. The van der Waals surface area contributed by atoms with E-state index >= 15 is 0 Å². The second-order valence-corrected chi connectivity index (χ2v) is 6.27. The first kappa shape index (κ1) is 11.4. The van der Waals surface area contributed by atoms with E-state index in [9.17, 15) is 0 Å². The van der Waals surface area contributed by atoms with Gasteiger partial charge in [0, 0.05) is 5.54 Å². The molecule has 0 aromatic carbocycles. The third-order valence-corrected chi connectivity index (χ3v) is 4.85. The predicted octanol–water partition coefficient (Wildman–Crippen LogP) is 1.10. The van der Waals surface area contributed by atoms with Crippen LogP contribution in [-0.2, 0) is 5.54 Å². The molecule has 4 saturated carbocycles. The molecular formula is C11H18ClN5. The van der Waals surface area contributed by atoms with Gasteiger partial charge in [0.1, 0.15) is 0 Å². The Balaban J connectivity index is 0.000000902. The fourth-order valence-electron chi connectivity index (χ4n) is 4.90. The van der Waals surface area contributed by atoms with Gasteiger partial charge in [-0.05, 0) is 55.6 Å². The minimum absolute atomic E-state index is 0. The highest BCUT2D eigenvalue weighted by molar-refractivity contribution is 5.85. The Morgan fingerprint density at radius 2 is 1.88 bits per heavy atom. The number of tetrazole rings is 1. The van der Waals surface area contributed by atoms with Crippen molar-refractivity contribution in [3.05, 3.63) is 6.33 Å². The molecule has 1 heterocycles. The van der Waals surface area contributed by atoms with E-state index in [1.807, 2.05) is 4.80 Å². The van der Waals surface area contributed by atoms with Gasteiger partial charge in [0.15, 0.2) is 6.33 Å². The normalized spacial score (nSPS) is 46.9. The maximum absolute atomic E-state index is 6.52.